The smallest absolute Gasteiger partial charge is 0.318 e. The molecule has 5 rings (SSSR count). The highest BCUT2D eigenvalue weighted by Crippen LogP contribution is 2.42. The molecule has 152 valence electrons. The zero-order valence-corrected chi connectivity index (χ0v) is 17.3. The number of carbonyl (C=O) groups is 1. The van der Waals surface area contributed by atoms with Gasteiger partial charge in [-0.3, -0.25) is 0 Å². The van der Waals surface area contributed by atoms with Crippen molar-refractivity contribution in [2.75, 3.05) is 18.0 Å². The predicted octanol–water partition coefficient (Wildman–Crippen LogP) is 3.75. The summed E-state index contributed by atoms with van der Waals surface area (Å²) in [5, 5.41) is 12.3. The Kier molecular flexibility index (Phi) is 4.82. The van der Waals surface area contributed by atoms with Gasteiger partial charge >= 0.3 is 6.03 Å². The summed E-state index contributed by atoms with van der Waals surface area (Å²) in [6, 6.07) is 11.0. The quantitative estimate of drug-likeness (QED) is 0.814. The molecular weight excluding hydrogens is 386 g/mol. The van der Waals surface area contributed by atoms with Gasteiger partial charge in [0.05, 0.1) is 6.04 Å². The topological polar surface area (TPSA) is 61.4 Å². The zero-order chi connectivity index (χ0) is 20.0. The summed E-state index contributed by atoms with van der Waals surface area (Å²) in [6.45, 7) is 3.77. The first-order chi connectivity index (χ1) is 14.1. The van der Waals surface area contributed by atoms with Crippen molar-refractivity contribution in [2.45, 2.75) is 56.7 Å². The molecule has 1 aromatic heterocycles. The van der Waals surface area contributed by atoms with E-state index in [4.69, 9.17) is 11.6 Å². The number of halogens is 1. The number of aryl methyl sites for hydroxylation is 1. The fraction of sp³-hybridized carbons (Fsp3) is 0.500. The van der Waals surface area contributed by atoms with Crippen molar-refractivity contribution >= 4 is 23.4 Å². The van der Waals surface area contributed by atoms with Crippen LogP contribution >= 0.6 is 11.6 Å². The molecule has 0 radical (unpaired) electrons. The summed E-state index contributed by atoms with van der Waals surface area (Å²) < 4.78 is 0. The first-order valence-electron chi connectivity index (χ1n) is 10.5. The average Bonchev–Trinajstić information content (AvgIpc) is 3.64. The summed E-state index contributed by atoms with van der Waals surface area (Å²) in [5.74, 6) is 1.29. The number of nitrogens with one attached hydrogen (secondary N) is 1. The minimum atomic E-state index is 0.0941. The lowest BCUT2D eigenvalue weighted by molar-refractivity contribution is 0.174. The lowest BCUT2D eigenvalue weighted by atomic mass is 10.1. The van der Waals surface area contributed by atoms with Gasteiger partial charge < -0.3 is 15.1 Å². The highest BCUT2D eigenvalue weighted by Gasteiger charge is 2.45. The predicted molar refractivity (Wildman–Crippen MR) is 113 cm³/mol. The summed E-state index contributed by atoms with van der Waals surface area (Å²) in [7, 11) is 0. The van der Waals surface area contributed by atoms with Gasteiger partial charge in [-0.1, -0.05) is 23.7 Å². The van der Waals surface area contributed by atoms with Crippen LogP contribution in [0.3, 0.4) is 0 Å². The molecule has 2 aliphatic carbocycles. The number of urea groups is 1. The Morgan fingerprint density at radius 1 is 1.24 bits per heavy atom. The summed E-state index contributed by atoms with van der Waals surface area (Å²) >= 11 is 6.15. The summed E-state index contributed by atoms with van der Waals surface area (Å²) in [5.41, 5.74) is 2.36. The lowest BCUT2D eigenvalue weighted by Gasteiger charge is -2.29. The number of amides is 2. The third-order valence-electron chi connectivity index (χ3n) is 6.32. The molecule has 1 N–H and O–H groups in total. The molecule has 0 spiro atoms. The third-order valence-corrected chi connectivity index (χ3v) is 6.75. The fourth-order valence-corrected chi connectivity index (χ4v) is 4.59. The molecule has 3 aliphatic rings. The molecule has 1 aromatic carbocycles. The molecule has 2 heterocycles. The van der Waals surface area contributed by atoms with E-state index in [9.17, 15) is 4.79 Å². The van der Waals surface area contributed by atoms with Crippen molar-refractivity contribution < 1.29 is 4.79 Å². The molecule has 3 fully saturated rings. The summed E-state index contributed by atoms with van der Waals surface area (Å²) in [6.07, 6.45) is 5.89. The molecule has 6 nitrogen and oxygen atoms in total. The van der Waals surface area contributed by atoms with Crippen molar-refractivity contribution in [3.63, 3.8) is 0 Å². The Morgan fingerprint density at radius 3 is 2.83 bits per heavy atom. The third kappa shape index (κ3) is 3.90. The van der Waals surface area contributed by atoms with Gasteiger partial charge in [0.1, 0.15) is 0 Å². The molecule has 0 bridgehead atoms. The summed E-state index contributed by atoms with van der Waals surface area (Å²) in [4.78, 5) is 17.5. The van der Waals surface area contributed by atoms with Crippen LogP contribution in [0.2, 0.25) is 5.02 Å². The van der Waals surface area contributed by atoms with E-state index in [2.05, 4.69) is 37.4 Å². The standard InChI is InChI=1S/C22H26ClN5O/c1-14-11-15(4-7-19(14)23)18-12-20(18)25-22(29)28(16-5-6-16)17-8-10-27(13-17)21-3-2-9-24-26-21/h2-4,7,9,11,16-18,20H,5-6,8,10,12-13H2,1H3,(H,25,29)/t17-,18+,20-/m0/s1. The van der Waals surface area contributed by atoms with Gasteiger partial charge in [0.25, 0.3) is 0 Å². The van der Waals surface area contributed by atoms with E-state index in [-0.39, 0.29) is 18.1 Å². The van der Waals surface area contributed by atoms with Crippen LogP contribution in [-0.4, -0.2) is 52.3 Å². The normalized spacial score (nSPS) is 25.7. The molecule has 1 aliphatic heterocycles. The number of benzene rings is 1. The van der Waals surface area contributed by atoms with Crippen molar-refractivity contribution in [1.82, 2.24) is 20.4 Å². The number of carbonyl (C=O) groups excluding carboxylic acids is 1. The van der Waals surface area contributed by atoms with Crippen LogP contribution in [-0.2, 0) is 0 Å². The number of aromatic nitrogens is 2. The fourth-order valence-electron chi connectivity index (χ4n) is 4.48. The molecule has 0 unspecified atom stereocenters. The highest BCUT2D eigenvalue weighted by atomic mass is 35.5. The number of nitrogens with zero attached hydrogens (tertiary/aromatic N) is 4. The Hall–Kier alpha value is -2.34. The second kappa shape index (κ2) is 7.48. The van der Waals surface area contributed by atoms with Gasteiger partial charge in [0, 0.05) is 42.3 Å². The Morgan fingerprint density at radius 2 is 2.10 bits per heavy atom. The second-order valence-electron chi connectivity index (χ2n) is 8.52. The van der Waals surface area contributed by atoms with Crippen LogP contribution in [0.4, 0.5) is 10.6 Å². The minimum absolute atomic E-state index is 0.0941. The molecule has 1 saturated heterocycles. The number of anilines is 1. The SMILES string of the molecule is Cc1cc([C@H]2C[C@@H]2NC(=O)N(C2CC2)[C@H]2CCN(c3cccnn3)C2)ccc1Cl. The minimum Gasteiger partial charge on any atom is -0.353 e. The van der Waals surface area contributed by atoms with E-state index in [1.807, 2.05) is 25.1 Å². The van der Waals surface area contributed by atoms with Crippen LogP contribution in [0.1, 0.15) is 42.7 Å². The maximum Gasteiger partial charge on any atom is 0.318 e. The molecule has 29 heavy (non-hydrogen) atoms. The van der Waals surface area contributed by atoms with Crippen molar-refractivity contribution in [1.29, 1.82) is 0 Å². The first kappa shape index (κ1) is 18.7. The number of rotatable bonds is 5. The Labute approximate surface area is 176 Å². The largest absolute Gasteiger partial charge is 0.353 e. The van der Waals surface area contributed by atoms with Gasteiger partial charge in [0.15, 0.2) is 5.82 Å². The molecule has 2 saturated carbocycles. The number of hydrogen-bond acceptors (Lipinski definition) is 4. The van der Waals surface area contributed by atoms with E-state index in [1.54, 1.807) is 6.20 Å². The van der Waals surface area contributed by atoms with Gasteiger partial charge in [-0.15, -0.1) is 5.10 Å². The Balaban J connectivity index is 1.22. The van der Waals surface area contributed by atoms with Crippen molar-refractivity contribution in [3.05, 3.63) is 52.7 Å². The molecule has 3 atom stereocenters. The van der Waals surface area contributed by atoms with E-state index in [1.165, 1.54) is 5.56 Å². The Bertz CT molecular complexity index is 903. The van der Waals surface area contributed by atoms with Crippen molar-refractivity contribution in [2.24, 2.45) is 0 Å². The average molecular weight is 412 g/mol. The van der Waals surface area contributed by atoms with Crippen molar-refractivity contribution in [3.8, 4) is 0 Å². The monoisotopic (exact) mass is 411 g/mol. The van der Waals surface area contributed by atoms with Crippen LogP contribution in [0, 0.1) is 6.92 Å². The van der Waals surface area contributed by atoms with Crippen LogP contribution in [0.15, 0.2) is 36.5 Å². The lowest BCUT2D eigenvalue weighted by Crippen LogP contribution is -2.49. The molecule has 2 aromatic rings. The van der Waals surface area contributed by atoms with Crippen LogP contribution in [0.25, 0.3) is 0 Å². The van der Waals surface area contributed by atoms with E-state index in [0.29, 0.717) is 12.0 Å². The molecular formula is C22H26ClN5O. The second-order valence-corrected chi connectivity index (χ2v) is 8.92. The zero-order valence-electron chi connectivity index (χ0n) is 16.6. The van der Waals surface area contributed by atoms with E-state index < -0.39 is 0 Å². The number of hydrogen-bond donors (Lipinski definition) is 1. The van der Waals surface area contributed by atoms with E-state index >= 15 is 0 Å². The molecule has 2 amide bonds. The van der Waals surface area contributed by atoms with Gasteiger partial charge in [-0.2, -0.15) is 5.10 Å². The van der Waals surface area contributed by atoms with Crippen LogP contribution < -0.4 is 10.2 Å². The first-order valence-corrected chi connectivity index (χ1v) is 10.9. The molecule has 7 heteroatoms. The van der Waals surface area contributed by atoms with E-state index in [0.717, 1.165) is 55.2 Å². The van der Waals surface area contributed by atoms with Crippen LogP contribution in [0.5, 0.6) is 0 Å². The van der Waals surface area contributed by atoms with Gasteiger partial charge in [-0.25, -0.2) is 4.79 Å². The highest BCUT2D eigenvalue weighted by molar-refractivity contribution is 6.31. The van der Waals surface area contributed by atoms with Gasteiger partial charge in [-0.05, 0) is 61.9 Å². The maximum atomic E-state index is 13.2. The maximum absolute atomic E-state index is 13.2. The van der Waals surface area contributed by atoms with Gasteiger partial charge in [0.2, 0.25) is 0 Å².